The van der Waals surface area contributed by atoms with Crippen LogP contribution in [0, 0.1) is 0 Å². The SMILES string of the molecule is CC(C)(C)NCC(O)Cc1cn2ccsc2n1. The fourth-order valence-corrected chi connectivity index (χ4v) is 2.33. The first-order valence-electron chi connectivity index (χ1n) is 5.78. The minimum Gasteiger partial charge on any atom is -0.391 e. The molecular formula is C12H19N3OS. The quantitative estimate of drug-likeness (QED) is 0.871. The first-order chi connectivity index (χ1) is 7.94. The summed E-state index contributed by atoms with van der Waals surface area (Å²) in [5.41, 5.74) is 0.982. The van der Waals surface area contributed by atoms with E-state index in [1.54, 1.807) is 11.3 Å². The van der Waals surface area contributed by atoms with Crippen molar-refractivity contribution in [3.63, 3.8) is 0 Å². The summed E-state index contributed by atoms with van der Waals surface area (Å²) in [6, 6.07) is 0. The second-order valence-electron chi connectivity index (χ2n) is 5.31. The molecule has 0 bridgehead atoms. The van der Waals surface area contributed by atoms with Crippen LogP contribution in [0.2, 0.25) is 0 Å². The number of aliphatic hydroxyl groups is 1. The van der Waals surface area contributed by atoms with Gasteiger partial charge in [0.25, 0.3) is 0 Å². The molecule has 2 N–H and O–H groups in total. The van der Waals surface area contributed by atoms with Crippen molar-refractivity contribution in [1.82, 2.24) is 14.7 Å². The zero-order valence-corrected chi connectivity index (χ0v) is 11.3. The van der Waals surface area contributed by atoms with Gasteiger partial charge in [0, 0.05) is 36.3 Å². The Morgan fingerprint density at radius 1 is 1.53 bits per heavy atom. The molecule has 1 unspecified atom stereocenters. The molecule has 2 aromatic rings. The van der Waals surface area contributed by atoms with Crippen LogP contribution in [0.25, 0.3) is 4.96 Å². The number of rotatable bonds is 4. The third kappa shape index (κ3) is 3.52. The van der Waals surface area contributed by atoms with E-state index in [-0.39, 0.29) is 11.6 Å². The summed E-state index contributed by atoms with van der Waals surface area (Å²) in [5.74, 6) is 0. The molecule has 2 aromatic heterocycles. The molecule has 0 radical (unpaired) electrons. The normalized spacial score (nSPS) is 14.4. The number of hydrogen-bond donors (Lipinski definition) is 2. The van der Waals surface area contributed by atoms with E-state index in [1.807, 2.05) is 22.2 Å². The molecule has 0 amide bonds. The molecule has 0 saturated carbocycles. The highest BCUT2D eigenvalue weighted by molar-refractivity contribution is 7.15. The van der Waals surface area contributed by atoms with Gasteiger partial charge in [-0.3, -0.25) is 4.40 Å². The molecule has 0 aliphatic carbocycles. The molecule has 0 fully saturated rings. The molecule has 0 aliphatic rings. The lowest BCUT2D eigenvalue weighted by molar-refractivity contribution is 0.160. The Balaban J connectivity index is 1.90. The van der Waals surface area contributed by atoms with E-state index in [0.29, 0.717) is 13.0 Å². The molecule has 0 saturated heterocycles. The molecule has 0 spiro atoms. The second kappa shape index (κ2) is 4.76. The number of aromatic nitrogens is 2. The highest BCUT2D eigenvalue weighted by atomic mass is 32.1. The van der Waals surface area contributed by atoms with Crippen molar-refractivity contribution in [2.75, 3.05) is 6.54 Å². The largest absolute Gasteiger partial charge is 0.391 e. The van der Waals surface area contributed by atoms with Gasteiger partial charge in [-0.25, -0.2) is 4.98 Å². The lowest BCUT2D eigenvalue weighted by Gasteiger charge is -2.22. The van der Waals surface area contributed by atoms with Crippen LogP contribution >= 0.6 is 11.3 Å². The van der Waals surface area contributed by atoms with Crippen molar-refractivity contribution < 1.29 is 5.11 Å². The molecule has 5 heteroatoms. The second-order valence-corrected chi connectivity index (χ2v) is 6.19. The van der Waals surface area contributed by atoms with E-state index in [2.05, 4.69) is 31.1 Å². The fraction of sp³-hybridized carbons (Fsp3) is 0.583. The van der Waals surface area contributed by atoms with E-state index >= 15 is 0 Å². The number of β-amino-alcohol motifs (C(OH)–C–C–N with tert-alkyl or cyclic N) is 1. The van der Waals surface area contributed by atoms with E-state index in [4.69, 9.17) is 0 Å². The van der Waals surface area contributed by atoms with Crippen LogP contribution < -0.4 is 5.32 Å². The Hall–Kier alpha value is -0.910. The molecule has 0 aliphatic heterocycles. The number of thiazole rings is 1. The molecule has 94 valence electrons. The maximum absolute atomic E-state index is 9.92. The Morgan fingerprint density at radius 2 is 2.29 bits per heavy atom. The summed E-state index contributed by atoms with van der Waals surface area (Å²) in [5, 5.41) is 15.2. The summed E-state index contributed by atoms with van der Waals surface area (Å²) < 4.78 is 1.99. The van der Waals surface area contributed by atoms with Gasteiger partial charge >= 0.3 is 0 Å². The van der Waals surface area contributed by atoms with E-state index in [9.17, 15) is 5.11 Å². The smallest absolute Gasteiger partial charge is 0.193 e. The Morgan fingerprint density at radius 3 is 2.94 bits per heavy atom. The number of imidazole rings is 1. The molecule has 0 aromatic carbocycles. The van der Waals surface area contributed by atoms with Gasteiger partial charge < -0.3 is 10.4 Å². The van der Waals surface area contributed by atoms with Gasteiger partial charge in [-0.05, 0) is 20.8 Å². The van der Waals surface area contributed by atoms with Crippen LogP contribution in [0.15, 0.2) is 17.8 Å². The topological polar surface area (TPSA) is 49.6 Å². The van der Waals surface area contributed by atoms with Gasteiger partial charge in [0.05, 0.1) is 11.8 Å². The van der Waals surface area contributed by atoms with Gasteiger partial charge in [-0.15, -0.1) is 11.3 Å². The van der Waals surface area contributed by atoms with Crippen molar-refractivity contribution >= 4 is 16.3 Å². The van der Waals surface area contributed by atoms with Gasteiger partial charge in [0.1, 0.15) is 0 Å². The Labute approximate surface area is 105 Å². The summed E-state index contributed by atoms with van der Waals surface area (Å²) in [4.78, 5) is 5.43. The van der Waals surface area contributed by atoms with Crippen molar-refractivity contribution in [3.8, 4) is 0 Å². The number of nitrogens with zero attached hydrogens (tertiary/aromatic N) is 2. The van der Waals surface area contributed by atoms with Crippen molar-refractivity contribution in [2.24, 2.45) is 0 Å². The van der Waals surface area contributed by atoms with Gasteiger partial charge in [0.15, 0.2) is 4.96 Å². The summed E-state index contributed by atoms with van der Waals surface area (Å²) >= 11 is 1.61. The predicted molar refractivity (Wildman–Crippen MR) is 70.5 cm³/mol. The lowest BCUT2D eigenvalue weighted by atomic mass is 10.1. The van der Waals surface area contributed by atoms with Gasteiger partial charge in [-0.2, -0.15) is 0 Å². The van der Waals surface area contributed by atoms with E-state index in [0.717, 1.165) is 10.7 Å². The van der Waals surface area contributed by atoms with E-state index in [1.165, 1.54) is 0 Å². The third-order valence-electron chi connectivity index (χ3n) is 2.46. The summed E-state index contributed by atoms with van der Waals surface area (Å²) in [6.45, 7) is 6.86. The van der Waals surface area contributed by atoms with Gasteiger partial charge in [-0.1, -0.05) is 0 Å². The minimum absolute atomic E-state index is 0.0372. The van der Waals surface area contributed by atoms with Crippen molar-refractivity contribution in [2.45, 2.75) is 38.8 Å². The highest BCUT2D eigenvalue weighted by Crippen LogP contribution is 2.12. The molecule has 4 nitrogen and oxygen atoms in total. The number of fused-ring (bicyclic) bond motifs is 1. The van der Waals surface area contributed by atoms with Crippen molar-refractivity contribution in [3.05, 3.63) is 23.5 Å². The van der Waals surface area contributed by atoms with E-state index < -0.39 is 0 Å². The first kappa shape index (κ1) is 12.5. The predicted octanol–water partition coefficient (Wildman–Crippen LogP) is 1.69. The summed E-state index contributed by atoms with van der Waals surface area (Å²) in [6.07, 6.45) is 4.17. The molecule has 2 rings (SSSR count). The standard InChI is InChI=1S/C12H19N3OS/c1-12(2,3)13-7-10(16)6-9-8-15-4-5-17-11(15)14-9/h4-5,8,10,13,16H,6-7H2,1-3H3. The minimum atomic E-state index is -0.390. The van der Waals surface area contributed by atoms with Crippen LogP contribution in [0.3, 0.4) is 0 Å². The highest BCUT2D eigenvalue weighted by Gasteiger charge is 2.14. The monoisotopic (exact) mass is 253 g/mol. The zero-order valence-electron chi connectivity index (χ0n) is 10.5. The maximum Gasteiger partial charge on any atom is 0.193 e. The van der Waals surface area contributed by atoms with Gasteiger partial charge in [0.2, 0.25) is 0 Å². The molecule has 1 atom stereocenters. The fourth-order valence-electron chi connectivity index (χ4n) is 1.61. The molecular weight excluding hydrogens is 234 g/mol. The lowest BCUT2D eigenvalue weighted by Crippen LogP contribution is -2.41. The number of hydrogen-bond acceptors (Lipinski definition) is 4. The van der Waals surface area contributed by atoms with Crippen LogP contribution in [0.5, 0.6) is 0 Å². The van der Waals surface area contributed by atoms with Crippen LogP contribution in [0.1, 0.15) is 26.5 Å². The number of aliphatic hydroxyl groups excluding tert-OH is 1. The number of nitrogens with one attached hydrogen (secondary N) is 1. The maximum atomic E-state index is 9.92. The molecule has 17 heavy (non-hydrogen) atoms. The average Bonchev–Trinajstić information content (AvgIpc) is 2.73. The van der Waals surface area contributed by atoms with Crippen LogP contribution in [-0.2, 0) is 6.42 Å². The Kier molecular flexibility index (Phi) is 3.51. The van der Waals surface area contributed by atoms with Crippen LogP contribution in [0.4, 0.5) is 0 Å². The van der Waals surface area contributed by atoms with Crippen LogP contribution in [-0.4, -0.2) is 32.7 Å². The zero-order chi connectivity index (χ0) is 12.5. The van der Waals surface area contributed by atoms with Crippen molar-refractivity contribution in [1.29, 1.82) is 0 Å². The average molecular weight is 253 g/mol. The first-order valence-corrected chi connectivity index (χ1v) is 6.66. The summed E-state index contributed by atoms with van der Waals surface area (Å²) in [7, 11) is 0. The molecule has 2 heterocycles. The Bertz CT molecular complexity index is 455. The third-order valence-corrected chi connectivity index (χ3v) is 3.23.